The molecule has 0 heterocycles. The summed E-state index contributed by atoms with van der Waals surface area (Å²) in [4.78, 5) is 0. The fraction of sp³-hybridized carbons (Fsp3) is 0.333. The van der Waals surface area contributed by atoms with Crippen LogP contribution in [0.4, 0.5) is 0 Å². The molecule has 0 aromatic heterocycles. The first-order valence-corrected chi connectivity index (χ1v) is 14.7. The molecule has 0 unspecified atom stereocenters. The van der Waals surface area contributed by atoms with Gasteiger partial charge < -0.3 is 38.6 Å². The molecule has 0 amide bonds. The molecule has 8 nitrogen and oxygen atoms in total. The first kappa shape index (κ1) is 31.7. The van der Waals surface area contributed by atoms with Crippen LogP contribution < -0.4 is 9.47 Å². The Hall–Kier alpha value is -3.76. The lowest BCUT2D eigenvalue weighted by Crippen LogP contribution is -2.66. The Morgan fingerprint density at radius 3 is 1.02 bits per heavy atom. The number of ether oxygens (including phenoxy) is 6. The maximum Gasteiger partial charge on any atom is 0.118 e. The number of methoxy groups -OCH3 is 2. The van der Waals surface area contributed by atoms with E-state index in [4.69, 9.17) is 28.4 Å². The molecular weight excluding hydrogens is 560 g/mol. The molecule has 6 atom stereocenters. The minimum Gasteiger partial charge on any atom is -0.497 e. The molecule has 0 saturated heterocycles. The topological polar surface area (TPSA) is 95.8 Å². The van der Waals surface area contributed by atoms with E-state index in [9.17, 15) is 10.2 Å². The lowest BCUT2D eigenvalue weighted by Gasteiger charge is -2.47. The van der Waals surface area contributed by atoms with Gasteiger partial charge in [0.1, 0.15) is 48.1 Å². The zero-order valence-corrected chi connectivity index (χ0v) is 25.0. The lowest BCUT2D eigenvalue weighted by molar-refractivity contribution is -0.273. The summed E-state index contributed by atoms with van der Waals surface area (Å²) in [5.74, 6) is 1.48. The standard InChI is InChI=1S/C36H40O8/c1-39-29-17-13-27(14-18-29)23-43-35-33(41-21-25-9-5-3-6-10-25)31(37)32(38)34(42-22-26-11-7-4-8-12-26)36(35)44-24-28-15-19-30(40-2)20-16-28/h3-20,31-38H,21-24H2,1-2H3/t31-,32+,33-,34-,35+,36+/m1/s1. The third-order valence-corrected chi connectivity index (χ3v) is 7.77. The van der Waals surface area contributed by atoms with Crippen LogP contribution in [0.5, 0.6) is 11.5 Å². The van der Waals surface area contributed by atoms with Crippen LogP contribution in [0.15, 0.2) is 109 Å². The second kappa shape index (κ2) is 15.8. The third-order valence-electron chi connectivity index (χ3n) is 7.77. The zero-order valence-electron chi connectivity index (χ0n) is 25.0. The molecule has 1 fully saturated rings. The Morgan fingerprint density at radius 1 is 0.409 bits per heavy atom. The molecule has 8 heteroatoms. The summed E-state index contributed by atoms with van der Waals surface area (Å²) in [5.41, 5.74) is 3.68. The average molecular weight is 601 g/mol. The summed E-state index contributed by atoms with van der Waals surface area (Å²) < 4.78 is 36.2. The van der Waals surface area contributed by atoms with Gasteiger partial charge in [-0.05, 0) is 46.5 Å². The summed E-state index contributed by atoms with van der Waals surface area (Å²) in [6.45, 7) is 0.879. The van der Waals surface area contributed by atoms with Crippen LogP contribution in [-0.2, 0) is 45.4 Å². The molecule has 4 aromatic carbocycles. The van der Waals surface area contributed by atoms with E-state index in [1.165, 1.54) is 0 Å². The number of aliphatic hydroxyl groups is 2. The van der Waals surface area contributed by atoms with Crippen molar-refractivity contribution in [2.24, 2.45) is 0 Å². The number of hydrogen-bond acceptors (Lipinski definition) is 8. The van der Waals surface area contributed by atoms with Crippen LogP contribution in [-0.4, -0.2) is 61.1 Å². The molecule has 1 aliphatic rings. The summed E-state index contributed by atoms with van der Waals surface area (Å²) in [5, 5.41) is 22.9. The summed E-state index contributed by atoms with van der Waals surface area (Å²) in [6.07, 6.45) is -5.94. The lowest BCUT2D eigenvalue weighted by atomic mass is 9.84. The van der Waals surface area contributed by atoms with Gasteiger partial charge in [0.2, 0.25) is 0 Å². The molecule has 5 rings (SSSR count). The van der Waals surface area contributed by atoms with Crippen LogP contribution in [0.25, 0.3) is 0 Å². The van der Waals surface area contributed by atoms with Crippen LogP contribution in [0.3, 0.4) is 0 Å². The molecule has 1 aliphatic carbocycles. The molecule has 2 N–H and O–H groups in total. The van der Waals surface area contributed by atoms with E-state index in [1.54, 1.807) is 14.2 Å². The predicted octanol–water partition coefficient (Wildman–Crippen LogP) is 5.08. The SMILES string of the molecule is COc1ccc(CO[C@@H]2[C@@H](OCc3ccc(OC)cc3)[C@H](OCc3ccccc3)[C@@H](O)[C@@H](O)[C@H]2OCc2ccccc2)cc1. The molecule has 0 bridgehead atoms. The van der Waals surface area contributed by atoms with Crippen LogP contribution >= 0.6 is 0 Å². The fourth-order valence-corrected chi connectivity index (χ4v) is 5.28. The van der Waals surface area contributed by atoms with E-state index >= 15 is 0 Å². The number of aliphatic hydroxyl groups excluding tert-OH is 2. The van der Waals surface area contributed by atoms with Gasteiger partial charge in [0.15, 0.2) is 0 Å². The van der Waals surface area contributed by atoms with Gasteiger partial charge in [-0.25, -0.2) is 0 Å². The zero-order chi connectivity index (χ0) is 30.7. The minimum atomic E-state index is -1.29. The summed E-state index contributed by atoms with van der Waals surface area (Å²) >= 11 is 0. The highest BCUT2D eigenvalue weighted by atomic mass is 16.6. The largest absolute Gasteiger partial charge is 0.497 e. The van der Waals surface area contributed by atoms with Crippen molar-refractivity contribution in [3.8, 4) is 11.5 Å². The van der Waals surface area contributed by atoms with Crippen molar-refractivity contribution in [2.75, 3.05) is 14.2 Å². The van der Waals surface area contributed by atoms with Crippen molar-refractivity contribution < 1.29 is 38.6 Å². The van der Waals surface area contributed by atoms with Gasteiger partial charge in [-0.15, -0.1) is 0 Å². The normalized spacial score (nSPS) is 23.3. The van der Waals surface area contributed by atoms with Gasteiger partial charge in [0.25, 0.3) is 0 Å². The maximum absolute atomic E-state index is 11.5. The van der Waals surface area contributed by atoms with Gasteiger partial charge in [-0.3, -0.25) is 0 Å². The van der Waals surface area contributed by atoms with E-state index in [0.29, 0.717) is 0 Å². The quantitative estimate of drug-likeness (QED) is 0.207. The predicted molar refractivity (Wildman–Crippen MR) is 165 cm³/mol. The average Bonchev–Trinajstić information content (AvgIpc) is 3.08. The highest BCUT2D eigenvalue weighted by molar-refractivity contribution is 5.28. The second-order valence-electron chi connectivity index (χ2n) is 10.8. The first-order valence-electron chi connectivity index (χ1n) is 14.7. The Kier molecular flexibility index (Phi) is 11.4. The summed E-state index contributed by atoms with van der Waals surface area (Å²) in [6, 6.07) is 34.5. The molecule has 1 saturated carbocycles. The smallest absolute Gasteiger partial charge is 0.118 e. The van der Waals surface area contributed by atoms with Crippen molar-refractivity contribution >= 4 is 0 Å². The molecule has 4 aromatic rings. The highest BCUT2D eigenvalue weighted by Crippen LogP contribution is 2.33. The molecule has 44 heavy (non-hydrogen) atoms. The molecule has 0 aliphatic heterocycles. The Labute approximate surface area is 258 Å². The molecule has 0 spiro atoms. The van der Waals surface area contributed by atoms with Gasteiger partial charge in [-0.1, -0.05) is 84.9 Å². The highest BCUT2D eigenvalue weighted by Gasteiger charge is 2.52. The van der Waals surface area contributed by atoms with Crippen molar-refractivity contribution in [3.05, 3.63) is 131 Å². The van der Waals surface area contributed by atoms with Crippen LogP contribution in [0.2, 0.25) is 0 Å². The number of benzene rings is 4. The second-order valence-corrected chi connectivity index (χ2v) is 10.8. The van der Waals surface area contributed by atoms with E-state index in [0.717, 1.165) is 33.8 Å². The molecular formula is C36H40O8. The van der Waals surface area contributed by atoms with Gasteiger partial charge >= 0.3 is 0 Å². The van der Waals surface area contributed by atoms with Crippen molar-refractivity contribution in [3.63, 3.8) is 0 Å². The molecule has 0 radical (unpaired) electrons. The van der Waals surface area contributed by atoms with Gasteiger partial charge in [0.05, 0.1) is 40.6 Å². The number of hydrogen-bond donors (Lipinski definition) is 2. The van der Waals surface area contributed by atoms with Crippen molar-refractivity contribution in [2.45, 2.75) is 63.1 Å². The maximum atomic E-state index is 11.5. The Morgan fingerprint density at radius 2 is 0.705 bits per heavy atom. The Balaban J connectivity index is 1.43. The van der Waals surface area contributed by atoms with E-state index in [1.807, 2.05) is 109 Å². The van der Waals surface area contributed by atoms with Crippen LogP contribution in [0.1, 0.15) is 22.3 Å². The van der Waals surface area contributed by atoms with Gasteiger partial charge in [-0.2, -0.15) is 0 Å². The Bertz CT molecular complexity index is 1270. The van der Waals surface area contributed by atoms with E-state index in [2.05, 4.69) is 0 Å². The molecule has 232 valence electrons. The van der Waals surface area contributed by atoms with E-state index < -0.39 is 36.6 Å². The van der Waals surface area contributed by atoms with Crippen LogP contribution in [0, 0.1) is 0 Å². The fourth-order valence-electron chi connectivity index (χ4n) is 5.28. The monoisotopic (exact) mass is 600 g/mol. The van der Waals surface area contributed by atoms with Gasteiger partial charge in [0, 0.05) is 0 Å². The summed E-state index contributed by atoms with van der Waals surface area (Å²) in [7, 11) is 3.24. The van der Waals surface area contributed by atoms with Crippen molar-refractivity contribution in [1.29, 1.82) is 0 Å². The minimum absolute atomic E-state index is 0.219. The first-order chi connectivity index (χ1) is 21.6. The third kappa shape index (κ3) is 8.24. The van der Waals surface area contributed by atoms with Crippen molar-refractivity contribution in [1.82, 2.24) is 0 Å². The number of rotatable bonds is 14. The van der Waals surface area contributed by atoms with E-state index in [-0.39, 0.29) is 26.4 Å².